The fourth-order valence-electron chi connectivity index (χ4n) is 1.81. The van der Waals surface area contributed by atoms with Crippen molar-refractivity contribution in [3.63, 3.8) is 0 Å². The van der Waals surface area contributed by atoms with E-state index in [1.165, 1.54) is 0 Å². The lowest BCUT2D eigenvalue weighted by molar-refractivity contribution is -0.115. The quantitative estimate of drug-likeness (QED) is 0.843. The molecule has 0 saturated carbocycles. The number of benzene rings is 2. The maximum atomic E-state index is 12.0. The van der Waals surface area contributed by atoms with Gasteiger partial charge in [-0.15, -0.1) is 0 Å². The maximum Gasteiger partial charge on any atom is 0.228 e. The van der Waals surface area contributed by atoms with Gasteiger partial charge in [0.1, 0.15) is 5.75 Å². The number of carbonyl (C=O) groups is 1. The number of rotatable bonds is 4. The molecular weight excluding hydrogens is 320 g/mol. The van der Waals surface area contributed by atoms with E-state index in [4.69, 9.17) is 10.5 Å². The number of ether oxygens (including phenoxy) is 1. The molecule has 0 saturated heterocycles. The molecule has 0 spiro atoms. The normalized spacial score (nSPS) is 10.1. The van der Waals surface area contributed by atoms with E-state index in [1.807, 2.05) is 24.3 Å². The minimum Gasteiger partial charge on any atom is -0.497 e. The van der Waals surface area contributed by atoms with Gasteiger partial charge in [0.15, 0.2) is 0 Å². The van der Waals surface area contributed by atoms with Crippen LogP contribution in [0.2, 0.25) is 0 Å². The first-order valence-electron chi connectivity index (χ1n) is 6.06. The van der Waals surface area contributed by atoms with Gasteiger partial charge in [-0.25, -0.2) is 0 Å². The molecule has 3 N–H and O–H groups in total. The third-order valence-corrected chi connectivity index (χ3v) is 3.28. The van der Waals surface area contributed by atoms with E-state index in [0.29, 0.717) is 23.5 Å². The predicted molar refractivity (Wildman–Crippen MR) is 83.9 cm³/mol. The fraction of sp³-hybridized carbons (Fsp3) is 0.133. The van der Waals surface area contributed by atoms with Crippen LogP contribution in [0.4, 0.5) is 11.4 Å². The number of hydrogen-bond donors (Lipinski definition) is 2. The first kappa shape index (κ1) is 14.4. The summed E-state index contributed by atoms with van der Waals surface area (Å²) in [5.74, 6) is 0.549. The van der Waals surface area contributed by atoms with Crippen LogP contribution >= 0.6 is 15.9 Å². The summed E-state index contributed by atoms with van der Waals surface area (Å²) >= 11 is 3.38. The number of halogens is 1. The Labute approximate surface area is 126 Å². The second kappa shape index (κ2) is 6.43. The van der Waals surface area contributed by atoms with Crippen molar-refractivity contribution < 1.29 is 9.53 Å². The molecule has 0 bridgehead atoms. The van der Waals surface area contributed by atoms with E-state index >= 15 is 0 Å². The third-order valence-electron chi connectivity index (χ3n) is 2.79. The van der Waals surface area contributed by atoms with Crippen molar-refractivity contribution in [2.45, 2.75) is 6.42 Å². The van der Waals surface area contributed by atoms with Crippen molar-refractivity contribution in [3.8, 4) is 5.75 Å². The number of carbonyl (C=O) groups excluding carboxylic acids is 1. The number of amides is 1. The number of nitrogen functional groups attached to an aromatic ring is 1. The van der Waals surface area contributed by atoms with Gasteiger partial charge in [-0.2, -0.15) is 0 Å². The van der Waals surface area contributed by atoms with Gasteiger partial charge >= 0.3 is 0 Å². The zero-order valence-electron chi connectivity index (χ0n) is 11.0. The molecule has 0 unspecified atom stereocenters. The molecule has 2 rings (SSSR count). The molecule has 0 radical (unpaired) electrons. The number of methoxy groups -OCH3 is 1. The Morgan fingerprint density at radius 1 is 1.30 bits per heavy atom. The van der Waals surface area contributed by atoms with E-state index in [-0.39, 0.29) is 5.91 Å². The number of nitrogens with two attached hydrogens (primary N) is 1. The van der Waals surface area contributed by atoms with E-state index in [9.17, 15) is 4.79 Å². The molecule has 4 nitrogen and oxygen atoms in total. The van der Waals surface area contributed by atoms with Gasteiger partial charge in [0, 0.05) is 10.5 Å². The molecule has 1 amide bonds. The average molecular weight is 335 g/mol. The largest absolute Gasteiger partial charge is 0.497 e. The van der Waals surface area contributed by atoms with Crippen LogP contribution in [0.25, 0.3) is 0 Å². The zero-order valence-corrected chi connectivity index (χ0v) is 12.6. The summed E-state index contributed by atoms with van der Waals surface area (Å²) in [6.45, 7) is 0. The first-order valence-corrected chi connectivity index (χ1v) is 6.85. The molecule has 0 atom stereocenters. The minimum atomic E-state index is -0.111. The lowest BCUT2D eigenvalue weighted by Crippen LogP contribution is -2.15. The van der Waals surface area contributed by atoms with Crippen LogP contribution in [-0.2, 0) is 11.2 Å². The van der Waals surface area contributed by atoms with Crippen LogP contribution in [0.15, 0.2) is 46.9 Å². The molecule has 2 aromatic rings. The van der Waals surface area contributed by atoms with Gasteiger partial charge in [0.05, 0.1) is 24.9 Å². The maximum absolute atomic E-state index is 12.0. The van der Waals surface area contributed by atoms with Gasteiger partial charge in [-0.3, -0.25) is 4.79 Å². The summed E-state index contributed by atoms with van der Waals surface area (Å²) < 4.78 is 6.02. The summed E-state index contributed by atoms with van der Waals surface area (Å²) in [6.07, 6.45) is 0.297. The van der Waals surface area contributed by atoms with Crippen molar-refractivity contribution in [2.75, 3.05) is 18.2 Å². The van der Waals surface area contributed by atoms with Crippen molar-refractivity contribution in [1.82, 2.24) is 0 Å². The van der Waals surface area contributed by atoms with Gasteiger partial charge in [0.25, 0.3) is 0 Å². The van der Waals surface area contributed by atoms with Crippen LogP contribution in [0.5, 0.6) is 5.75 Å². The summed E-state index contributed by atoms with van der Waals surface area (Å²) in [6, 6.07) is 12.8. The van der Waals surface area contributed by atoms with E-state index in [1.54, 1.807) is 25.3 Å². The lowest BCUT2D eigenvalue weighted by atomic mass is 10.1. The first-order chi connectivity index (χ1) is 9.58. The molecule has 104 valence electrons. The highest BCUT2D eigenvalue weighted by molar-refractivity contribution is 9.10. The Kier molecular flexibility index (Phi) is 4.63. The number of nitrogens with one attached hydrogen (secondary N) is 1. The van der Waals surface area contributed by atoms with Gasteiger partial charge in [0.2, 0.25) is 5.91 Å². The summed E-state index contributed by atoms with van der Waals surface area (Å²) in [7, 11) is 1.57. The Hall–Kier alpha value is -2.01. The van der Waals surface area contributed by atoms with Crippen molar-refractivity contribution in [1.29, 1.82) is 0 Å². The Morgan fingerprint density at radius 3 is 2.75 bits per heavy atom. The molecule has 5 heteroatoms. The minimum absolute atomic E-state index is 0.111. The Bertz CT molecular complexity index is 629. The highest BCUT2D eigenvalue weighted by Crippen LogP contribution is 2.24. The van der Waals surface area contributed by atoms with E-state index in [2.05, 4.69) is 21.2 Å². The van der Waals surface area contributed by atoms with Gasteiger partial charge < -0.3 is 15.8 Å². The van der Waals surface area contributed by atoms with Crippen molar-refractivity contribution in [2.24, 2.45) is 0 Å². The molecule has 0 heterocycles. The topological polar surface area (TPSA) is 64.3 Å². The summed E-state index contributed by atoms with van der Waals surface area (Å²) in [5.41, 5.74) is 7.86. The predicted octanol–water partition coefficient (Wildman–Crippen LogP) is 3.22. The SMILES string of the molecule is COc1ccc(NC(=O)Cc2cccc(Br)c2)c(N)c1. The highest BCUT2D eigenvalue weighted by Gasteiger charge is 2.07. The summed E-state index contributed by atoms with van der Waals surface area (Å²) in [5, 5.41) is 2.79. The summed E-state index contributed by atoms with van der Waals surface area (Å²) in [4.78, 5) is 12.0. The van der Waals surface area contributed by atoms with Crippen molar-refractivity contribution >= 4 is 33.2 Å². The molecule has 0 fully saturated rings. The molecule has 20 heavy (non-hydrogen) atoms. The monoisotopic (exact) mass is 334 g/mol. The highest BCUT2D eigenvalue weighted by atomic mass is 79.9. The van der Waals surface area contributed by atoms with Crippen LogP contribution < -0.4 is 15.8 Å². The molecule has 2 aromatic carbocycles. The second-order valence-electron chi connectivity index (χ2n) is 4.31. The second-order valence-corrected chi connectivity index (χ2v) is 5.22. The van der Waals surface area contributed by atoms with Crippen LogP contribution in [0, 0.1) is 0 Å². The third kappa shape index (κ3) is 3.74. The standard InChI is InChI=1S/C15H15BrN2O2/c1-20-12-5-6-14(13(17)9-12)18-15(19)8-10-3-2-4-11(16)7-10/h2-7,9H,8,17H2,1H3,(H,18,19). The molecule has 0 aliphatic rings. The van der Waals surface area contributed by atoms with Crippen LogP contribution in [-0.4, -0.2) is 13.0 Å². The number of hydrogen-bond acceptors (Lipinski definition) is 3. The van der Waals surface area contributed by atoms with Gasteiger partial charge in [-0.1, -0.05) is 28.1 Å². The lowest BCUT2D eigenvalue weighted by Gasteiger charge is -2.09. The smallest absolute Gasteiger partial charge is 0.228 e. The van der Waals surface area contributed by atoms with Crippen molar-refractivity contribution in [3.05, 3.63) is 52.5 Å². The molecular formula is C15H15BrN2O2. The molecule has 0 aromatic heterocycles. The molecule has 0 aliphatic heterocycles. The van der Waals surface area contributed by atoms with Gasteiger partial charge in [-0.05, 0) is 29.8 Å². The number of anilines is 2. The fourth-order valence-corrected chi connectivity index (χ4v) is 2.25. The van der Waals surface area contributed by atoms with Crippen LogP contribution in [0.1, 0.15) is 5.56 Å². The zero-order chi connectivity index (χ0) is 14.5. The Morgan fingerprint density at radius 2 is 2.10 bits per heavy atom. The molecule has 0 aliphatic carbocycles. The van der Waals surface area contributed by atoms with Crippen LogP contribution in [0.3, 0.4) is 0 Å². The average Bonchev–Trinajstić information content (AvgIpc) is 2.41. The van der Waals surface area contributed by atoms with E-state index < -0.39 is 0 Å². The van der Waals surface area contributed by atoms with E-state index in [0.717, 1.165) is 10.0 Å². The Balaban J connectivity index is 2.05.